The predicted molar refractivity (Wildman–Crippen MR) is 67.3 cm³/mol. The summed E-state index contributed by atoms with van der Waals surface area (Å²) >= 11 is 11.2. The van der Waals surface area contributed by atoms with Crippen LogP contribution in [0.2, 0.25) is 0 Å². The Labute approximate surface area is 112 Å². The molecule has 2 unspecified atom stereocenters. The van der Waals surface area contributed by atoms with E-state index >= 15 is 0 Å². The Kier molecular flexibility index (Phi) is 6.55. The summed E-state index contributed by atoms with van der Waals surface area (Å²) in [5, 5.41) is 0. The van der Waals surface area contributed by atoms with Crippen LogP contribution >= 0.6 is 23.2 Å². The van der Waals surface area contributed by atoms with Crippen molar-refractivity contribution in [1.29, 1.82) is 0 Å². The van der Waals surface area contributed by atoms with Crippen LogP contribution in [0.15, 0.2) is 0 Å². The molecule has 1 saturated heterocycles. The molecule has 1 fully saturated rings. The Balaban J connectivity index is 2.50. The van der Waals surface area contributed by atoms with Crippen LogP contribution in [-0.2, 0) is 14.3 Å². The Morgan fingerprint density at radius 2 is 2.24 bits per heavy atom. The van der Waals surface area contributed by atoms with Gasteiger partial charge in [-0.2, -0.15) is 0 Å². The molecule has 1 heterocycles. The van der Waals surface area contributed by atoms with Gasteiger partial charge in [-0.3, -0.25) is 4.79 Å². The molecule has 1 aliphatic rings. The highest BCUT2D eigenvalue weighted by molar-refractivity contribution is 6.53. The maximum Gasteiger partial charge on any atom is 0.256 e. The zero-order valence-electron chi connectivity index (χ0n) is 10.2. The Hall–Kier alpha value is -0.0300. The van der Waals surface area contributed by atoms with Gasteiger partial charge in [-0.15, -0.1) is 0 Å². The minimum Gasteiger partial charge on any atom is -0.351 e. The van der Waals surface area contributed by atoms with Crippen LogP contribution in [0.4, 0.5) is 0 Å². The van der Waals surface area contributed by atoms with Crippen molar-refractivity contribution in [2.45, 2.75) is 43.9 Å². The lowest BCUT2D eigenvalue weighted by Crippen LogP contribution is -2.45. The SMILES string of the molecule is CCCN(CC1OCCC(C)O1)C(=O)C(Cl)Cl. The van der Waals surface area contributed by atoms with E-state index in [2.05, 4.69) is 0 Å². The average molecular weight is 284 g/mol. The molecule has 0 aromatic carbocycles. The van der Waals surface area contributed by atoms with Gasteiger partial charge in [-0.1, -0.05) is 30.1 Å². The largest absolute Gasteiger partial charge is 0.351 e. The van der Waals surface area contributed by atoms with E-state index in [0.717, 1.165) is 12.8 Å². The number of alkyl halides is 2. The molecule has 17 heavy (non-hydrogen) atoms. The molecule has 1 aliphatic heterocycles. The number of ether oxygens (including phenoxy) is 2. The van der Waals surface area contributed by atoms with Gasteiger partial charge < -0.3 is 14.4 Å². The molecule has 4 nitrogen and oxygen atoms in total. The normalized spacial score (nSPS) is 25.0. The molecule has 0 radical (unpaired) electrons. The Morgan fingerprint density at radius 1 is 1.53 bits per heavy atom. The monoisotopic (exact) mass is 283 g/mol. The summed E-state index contributed by atoms with van der Waals surface area (Å²) in [4.78, 5) is 12.3. The molecule has 1 amide bonds. The van der Waals surface area contributed by atoms with Crippen LogP contribution in [0, 0.1) is 0 Å². The topological polar surface area (TPSA) is 38.8 Å². The summed E-state index contributed by atoms with van der Waals surface area (Å²) in [6.07, 6.45) is 1.51. The number of carbonyl (C=O) groups excluding carboxylic acids is 1. The summed E-state index contributed by atoms with van der Waals surface area (Å²) in [6.45, 7) is 5.63. The zero-order chi connectivity index (χ0) is 12.8. The first kappa shape index (κ1) is 15.0. The maximum atomic E-state index is 11.7. The number of carbonyl (C=O) groups is 1. The quantitative estimate of drug-likeness (QED) is 0.726. The number of hydrogen-bond acceptors (Lipinski definition) is 3. The lowest BCUT2D eigenvalue weighted by atomic mass is 10.3. The predicted octanol–water partition coefficient (Wildman–Crippen LogP) is 2.18. The second-order valence-electron chi connectivity index (χ2n) is 4.12. The number of amides is 1. The van der Waals surface area contributed by atoms with E-state index in [4.69, 9.17) is 32.7 Å². The van der Waals surface area contributed by atoms with Crippen LogP contribution in [0.25, 0.3) is 0 Å². The number of halogens is 2. The van der Waals surface area contributed by atoms with Crippen molar-refractivity contribution >= 4 is 29.1 Å². The standard InChI is InChI=1S/C11H19Cl2NO3/c1-3-5-14(11(15)10(12)13)7-9-16-6-4-8(2)17-9/h8-10H,3-7H2,1-2H3. The van der Waals surface area contributed by atoms with E-state index in [0.29, 0.717) is 19.7 Å². The molecule has 0 aromatic rings. The smallest absolute Gasteiger partial charge is 0.256 e. The molecule has 0 spiro atoms. The van der Waals surface area contributed by atoms with Crippen molar-refractivity contribution in [1.82, 2.24) is 4.90 Å². The first-order valence-corrected chi connectivity index (χ1v) is 6.75. The fraction of sp³-hybridized carbons (Fsp3) is 0.909. The molecule has 100 valence electrons. The lowest BCUT2D eigenvalue weighted by molar-refractivity contribution is -0.214. The van der Waals surface area contributed by atoms with E-state index in [1.54, 1.807) is 4.90 Å². The maximum absolute atomic E-state index is 11.7. The third-order valence-electron chi connectivity index (χ3n) is 2.57. The van der Waals surface area contributed by atoms with Crippen LogP contribution in [0.1, 0.15) is 26.7 Å². The minimum absolute atomic E-state index is 0.162. The number of nitrogens with zero attached hydrogens (tertiary/aromatic N) is 1. The van der Waals surface area contributed by atoms with E-state index in [9.17, 15) is 4.79 Å². The number of rotatable bonds is 5. The lowest BCUT2D eigenvalue weighted by Gasteiger charge is -2.32. The van der Waals surface area contributed by atoms with Crippen LogP contribution in [0.3, 0.4) is 0 Å². The van der Waals surface area contributed by atoms with Crippen LogP contribution in [-0.4, -0.2) is 47.7 Å². The molecular formula is C11H19Cl2NO3. The zero-order valence-corrected chi connectivity index (χ0v) is 11.7. The van der Waals surface area contributed by atoms with Gasteiger partial charge in [-0.25, -0.2) is 0 Å². The summed E-state index contributed by atoms with van der Waals surface area (Å²) in [5.74, 6) is -0.291. The van der Waals surface area contributed by atoms with E-state index in [1.807, 2.05) is 13.8 Å². The van der Waals surface area contributed by atoms with Gasteiger partial charge in [0.1, 0.15) is 0 Å². The molecule has 0 N–H and O–H groups in total. The van der Waals surface area contributed by atoms with Crippen molar-refractivity contribution in [3.8, 4) is 0 Å². The Morgan fingerprint density at radius 3 is 2.76 bits per heavy atom. The molecule has 6 heteroatoms. The highest BCUT2D eigenvalue weighted by Crippen LogP contribution is 2.15. The van der Waals surface area contributed by atoms with Gasteiger partial charge in [0.15, 0.2) is 11.1 Å². The second kappa shape index (κ2) is 7.41. The molecule has 2 atom stereocenters. The third-order valence-corrected chi connectivity index (χ3v) is 2.95. The van der Waals surface area contributed by atoms with Crippen molar-refractivity contribution < 1.29 is 14.3 Å². The van der Waals surface area contributed by atoms with Gasteiger partial charge in [-0.05, 0) is 19.8 Å². The van der Waals surface area contributed by atoms with Gasteiger partial charge >= 0.3 is 0 Å². The number of hydrogen-bond donors (Lipinski definition) is 0. The first-order valence-electron chi connectivity index (χ1n) is 5.88. The van der Waals surface area contributed by atoms with Gasteiger partial charge in [0.05, 0.1) is 19.3 Å². The summed E-state index contributed by atoms with van der Waals surface area (Å²) < 4.78 is 11.0. The summed E-state index contributed by atoms with van der Waals surface area (Å²) in [6, 6.07) is 0. The summed E-state index contributed by atoms with van der Waals surface area (Å²) in [5.41, 5.74) is 0. The highest BCUT2D eigenvalue weighted by atomic mass is 35.5. The van der Waals surface area contributed by atoms with Crippen molar-refractivity contribution in [2.24, 2.45) is 0 Å². The summed E-state index contributed by atoms with van der Waals surface area (Å²) in [7, 11) is 0. The molecule has 0 aliphatic carbocycles. The molecule has 0 bridgehead atoms. The molecule has 0 aromatic heterocycles. The highest BCUT2D eigenvalue weighted by Gasteiger charge is 2.26. The fourth-order valence-electron chi connectivity index (χ4n) is 1.71. The fourth-order valence-corrected chi connectivity index (χ4v) is 1.98. The second-order valence-corrected chi connectivity index (χ2v) is 5.22. The minimum atomic E-state index is -1.03. The van der Waals surface area contributed by atoms with Gasteiger partial charge in [0, 0.05) is 6.54 Å². The van der Waals surface area contributed by atoms with E-state index < -0.39 is 4.84 Å². The van der Waals surface area contributed by atoms with Gasteiger partial charge in [0.25, 0.3) is 5.91 Å². The third kappa shape index (κ3) is 5.00. The van der Waals surface area contributed by atoms with Gasteiger partial charge in [0.2, 0.25) is 0 Å². The van der Waals surface area contributed by atoms with Crippen LogP contribution in [0.5, 0.6) is 0 Å². The van der Waals surface area contributed by atoms with E-state index in [1.165, 1.54) is 0 Å². The van der Waals surface area contributed by atoms with E-state index in [-0.39, 0.29) is 18.3 Å². The molecule has 1 rings (SSSR count). The van der Waals surface area contributed by atoms with Crippen molar-refractivity contribution in [3.63, 3.8) is 0 Å². The Bertz CT molecular complexity index is 251. The average Bonchev–Trinajstić information content (AvgIpc) is 2.27. The molecular weight excluding hydrogens is 265 g/mol. The van der Waals surface area contributed by atoms with Crippen molar-refractivity contribution in [2.75, 3.05) is 19.7 Å². The first-order chi connectivity index (χ1) is 8.04. The van der Waals surface area contributed by atoms with Crippen LogP contribution < -0.4 is 0 Å². The van der Waals surface area contributed by atoms with Crippen molar-refractivity contribution in [3.05, 3.63) is 0 Å². The molecule has 0 saturated carbocycles.